The van der Waals surface area contributed by atoms with Crippen LogP contribution < -0.4 is 15.4 Å². The number of aryl methyl sites for hydroxylation is 2. The van der Waals surface area contributed by atoms with Crippen molar-refractivity contribution in [2.75, 3.05) is 19.7 Å². The van der Waals surface area contributed by atoms with Crippen LogP contribution in [0, 0.1) is 19.7 Å². The molecule has 2 N–H and O–H groups in total. The molecular weight excluding hydrogens is 359 g/mol. The molecule has 0 radical (unpaired) electrons. The molecule has 2 aromatic carbocycles. The van der Waals surface area contributed by atoms with Crippen molar-refractivity contribution >= 4 is 23.4 Å². The molecule has 0 aliphatic carbocycles. The minimum Gasteiger partial charge on any atom is -0.484 e. The van der Waals surface area contributed by atoms with Crippen LogP contribution in [0.5, 0.6) is 5.75 Å². The van der Waals surface area contributed by atoms with Crippen molar-refractivity contribution < 1.29 is 18.7 Å². The van der Waals surface area contributed by atoms with E-state index in [1.54, 1.807) is 0 Å². The monoisotopic (exact) mass is 378 g/mol. The predicted molar refractivity (Wildman–Crippen MR) is 98.2 cm³/mol. The largest absolute Gasteiger partial charge is 0.484 e. The summed E-state index contributed by atoms with van der Waals surface area (Å²) in [5, 5.41) is 5.16. The quantitative estimate of drug-likeness (QED) is 0.728. The maximum atomic E-state index is 13.6. The van der Waals surface area contributed by atoms with E-state index in [0.717, 1.165) is 17.2 Å². The predicted octanol–water partition coefficient (Wildman–Crippen LogP) is 3.02. The van der Waals surface area contributed by atoms with Crippen molar-refractivity contribution in [3.8, 4) is 5.75 Å². The van der Waals surface area contributed by atoms with Crippen LogP contribution >= 0.6 is 11.6 Å². The molecule has 0 aromatic heterocycles. The van der Waals surface area contributed by atoms with Crippen LogP contribution in [0.4, 0.5) is 4.39 Å². The molecule has 0 saturated carbocycles. The van der Waals surface area contributed by atoms with Gasteiger partial charge in [0.15, 0.2) is 6.61 Å². The third-order valence-electron chi connectivity index (χ3n) is 3.61. The van der Waals surface area contributed by atoms with E-state index >= 15 is 0 Å². The lowest BCUT2D eigenvalue weighted by Gasteiger charge is -2.11. The maximum Gasteiger partial charge on any atom is 0.258 e. The standard InChI is InChI=1S/C19H20ClFN2O3/c1-12-6-7-16(13(2)10-12)26-11-17(24)22-8-9-23-19(25)18-14(20)4-3-5-15(18)21/h3-7,10H,8-9,11H2,1-2H3,(H,22,24)(H,23,25). The molecule has 2 rings (SSSR count). The van der Waals surface area contributed by atoms with Gasteiger partial charge in [0.05, 0.1) is 10.6 Å². The van der Waals surface area contributed by atoms with E-state index in [1.165, 1.54) is 12.1 Å². The van der Waals surface area contributed by atoms with Crippen LogP contribution in [0.2, 0.25) is 5.02 Å². The van der Waals surface area contributed by atoms with Crippen LogP contribution in [0.3, 0.4) is 0 Å². The van der Waals surface area contributed by atoms with Crippen LogP contribution in [0.15, 0.2) is 36.4 Å². The Morgan fingerprint density at radius 3 is 2.54 bits per heavy atom. The normalized spacial score (nSPS) is 10.3. The van der Waals surface area contributed by atoms with Crippen LogP contribution in [-0.4, -0.2) is 31.5 Å². The van der Waals surface area contributed by atoms with Crippen molar-refractivity contribution in [2.24, 2.45) is 0 Å². The average Bonchev–Trinajstić information content (AvgIpc) is 2.58. The number of carbonyl (C=O) groups excluding carboxylic acids is 2. The second-order valence-corrected chi connectivity index (χ2v) is 6.17. The molecule has 2 aromatic rings. The van der Waals surface area contributed by atoms with Gasteiger partial charge in [-0.3, -0.25) is 9.59 Å². The zero-order valence-corrected chi connectivity index (χ0v) is 15.3. The molecule has 0 aliphatic rings. The Kier molecular flexibility index (Phi) is 6.97. The Labute approximate surface area is 156 Å². The first-order chi connectivity index (χ1) is 12.4. The van der Waals surface area contributed by atoms with Crippen molar-refractivity contribution in [1.82, 2.24) is 10.6 Å². The third kappa shape index (κ3) is 5.46. The SMILES string of the molecule is Cc1ccc(OCC(=O)NCCNC(=O)c2c(F)cccc2Cl)c(C)c1. The minimum atomic E-state index is -0.694. The van der Waals surface area contributed by atoms with Gasteiger partial charge in [-0.05, 0) is 37.6 Å². The zero-order valence-electron chi connectivity index (χ0n) is 14.6. The average molecular weight is 379 g/mol. The van der Waals surface area contributed by atoms with E-state index < -0.39 is 11.7 Å². The fraction of sp³-hybridized carbons (Fsp3) is 0.263. The molecule has 26 heavy (non-hydrogen) atoms. The number of amides is 2. The van der Waals surface area contributed by atoms with Gasteiger partial charge in [-0.25, -0.2) is 4.39 Å². The first-order valence-corrected chi connectivity index (χ1v) is 8.45. The Morgan fingerprint density at radius 2 is 1.85 bits per heavy atom. The molecular formula is C19H20ClFN2O3. The van der Waals surface area contributed by atoms with Gasteiger partial charge in [-0.1, -0.05) is 35.4 Å². The highest BCUT2D eigenvalue weighted by molar-refractivity contribution is 6.33. The summed E-state index contributed by atoms with van der Waals surface area (Å²) in [6.07, 6.45) is 0. The fourth-order valence-electron chi connectivity index (χ4n) is 2.34. The summed E-state index contributed by atoms with van der Waals surface area (Å²) >= 11 is 5.82. The smallest absolute Gasteiger partial charge is 0.258 e. The zero-order chi connectivity index (χ0) is 19.1. The van der Waals surface area contributed by atoms with E-state index in [4.69, 9.17) is 16.3 Å². The Balaban J connectivity index is 1.72. The fourth-order valence-corrected chi connectivity index (χ4v) is 2.59. The van der Waals surface area contributed by atoms with E-state index in [-0.39, 0.29) is 36.2 Å². The van der Waals surface area contributed by atoms with Gasteiger partial charge in [0, 0.05) is 13.1 Å². The Bertz CT molecular complexity index is 791. The number of ether oxygens (including phenoxy) is 1. The molecule has 0 aliphatic heterocycles. The number of benzene rings is 2. The van der Waals surface area contributed by atoms with Crippen LogP contribution in [-0.2, 0) is 4.79 Å². The van der Waals surface area contributed by atoms with Crippen molar-refractivity contribution in [1.29, 1.82) is 0 Å². The van der Waals surface area contributed by atoms with Gasteiger partial charge in [0.1, 0.15) is 11.6 Å². The van der Waals surface area contributed by atoms with E-state index in [0.29, 0.717) is 5.75 Å². The number of hydrogen-bond acceptors (Lipinski definition) is 3. The van der Waals surface area contributed by atoms with Gasteiger partial charge in [0.25, 0.3) is 11.8 Å². The molecule has 0 atom stereocenters. The highest BCUT2D eigenvalue weighted by Crippen LogP contribution is 2.19. The highest BCUT2D eigenvalue weighted by atomic mass is 35.5. The Morgan fingerprint density at radius 1 is 1.12 bits per heavy atom. The topological polar surface area (TPSA) is 67.4 Å². The summed E-state index contributed by atoms with van der Waals surface area (Å²) in [6, 6.07) is 9.71. The van der Waals surface area contributed by atoms with Gasteiger partial charge in [-0.2, -0.15) is 0 Å². The van der Waals surface area contributed by atoms with E-state index in [2.05, 4.69) is 10.6 Å². The van der Waals surface area contributed by atoms with Gasteiger partial charge >= 0.3 is 0 Å². The Hall–Kier alpha value is -2.60. The summed E-state index contributed by atoms with van der Waals surface area (Å²) in [4.78, 5) is 23.7. The summed E-state index contributed by atoms with van der Waals surface area (Å²) < 4.78 is 19.1. The van der Waals surface area contributed by atoms with Crippen molar-refractivity contribution in [3.05, 3.63) is 63.9 Å². The molecule has 0 spiro atoms. The molecule has 138 valence electrons. The molecule has 5 nitrogen and oxygen atoms in total. The highest BCUT2D eigenvalue weighted by Gasteiger charge is 2.15. The van der Waals surface area contributed by atoms with Gasteiger partial charge in [-0.15, -0.1) is 0 Å². The van der Waals surface area contributed by atoms with Crippen LogP contribution in [0.1, 0.15) is 21.5 Å². The summed E-state index contributed by atoms with van der Waals surface area (Å²) in [5.74, 6) is -0.994. The molecule has 0 heterocycles. The molecule has 7 heteroatoms. The lowest BCUT2D eigenvalue weighted by molar-refractivity contribution is -0.123. The maximum absolute atomic E-state index is 13.6. The first-order valence-electron chi connectivity index (χ1n) is 8.07. The lowest BCUT2D eigenvalue weighted by Crippen LogP contribution is -2.37. The molecule has 0 unspecified atom stereocenters. The second-order valence-electron chi connectivity index (χ2n) is 5.76. The second kappa shape index (κ2) is 9.20. The van der Waals surface area contributed by atoms with Crippen molar-refractivity contribution in [2.45, 2.75) is 13.8 Å². The van der Waals surface area contributed by atoms with Gasteiger partial charge < -0.3 is 15.4 Å². The molecule has 0 fully saturated rings. The van der Waals surface area contributed by atoms with E-state index in [9.17, 15) is 14.0 Å². The van der Waals surface area contributed by atoms with E-state index in [1.807, 2.05) is 32.0 Å². The van der Waals surface area contributed by atoms with Gasteiger partial charge in [0.2, 0.25) is 0 Å². The summed E-state index contributed by atoms with van der Waals surface area (Å²) in [7, 11) is 0. The number of rotatable bonds is 7. The molecule has 0 saturated heterocycles. The number of halogens is 2. The van der Waals surface area contributed by atoms with Crippen LogP contribution in [0.25, 0.3) is 0 Å². The number of carbonyl (C=O) groups is 2. The van der Waals surface area contributed by atoms with Crippen molar-refractivity contribution in [3.63, 3.8) is 0 Å². The number of hydrogen-bond donors (Lipinski definition) is 2. The molecule has 2 amide bonds. The number of nitrogens with one attached hydrogen (secondary N) is 2. The first kappa shape index (κ1) is 19.7. The third-order valence-corrected chi connectivity index (χ3v) is 3.93. The minimum absolute atomic E-state index is 0.0356. The lowest BCUT2D eigenvalue weighted by atomic mass is 10.1. The summed E-state index contributed by atoms with van der Waals surface area (Å²) in [6.45, 7) is 4.08. The molecule has 0 bridgehead atoms. The summed E-state index contributed by atoms with van der Waals surface area (Å²) in [5.41, 5.74) is 1.86.